The second-order valence-electron chi connectivity index (χ2n) is 6.70. The average Bonchev–Trinajstić information content (AvgIpc) is 3.27. The Morgan fingerprint density at radius 2 is 1.83 bits per heavy atom. The number of benzene rings is 2. The van der Waals surface area contributed by atoms with E-state index < -0.39 is 5.97 Å². The normalized spacial score (nSPS) is 16.6. The predicted molar refractivity (Wildman–Crippen MR) is 122 cm³/mol. The van der Waals surface area contributed by atoms with Crippen molar-refractivity contribution in [1.82, 2.24) is 4.90 Å². The molecule has 0 atom stereocenters. The van der Waals surface area contributed by atoms with Crippen LogP contribution in [0, 0.1) is 6.92 Å². The third-order valence-corrected chi connectivity index (χ3v) is 6.55. The molecule has 1 fully saturated rings. The Hall–Kier alpha value is -3.16. The SMILES string of the molecule is Cc1ccsc1/C=C1/SC(=Nc2ccccc2)N(Cc2ccc(C(=O)O)cc2)C1=O. The number of hydrogen-bond donors (Lipinski definition) is 1. The molecule has 7 heteroatoms. The third kappa shape index (κ3) is 4.37. The number of rotatable bonds is 5. The fourth-order valence-electron chi connectivity index (χ4n) is 2.93. The molecule has 2 aromatic carbocycles. The summed E-state index contributed by atoms with van der Waals surface area (Å²) < 4.78 is 0. The van der Waals surface area contributed by atoms with Gasteiger partial charge in [0.15, 0.2) is 5.17 Å². The quantitative estimate of drug-likeness (QED) is 0.534. The van der Waals surface area contributed by atoms with Crippen LogP contribution in [-0.4, -0.2) is 27.1 Å². The van der Waals surface area contributed by atoms with E-state index in [1.807, 2.05) is 54.8 Å². The van der Waals surface area contributed by atoms with Crippen molar-refractivity contribution in [2.45, 2.75) is 13.5 Å². The van der Waals surface area contributed by atoms with E-state index in [2.05, 4.69) is 4.99 Å². The van der Waals surface area contributed by atoms with Crippen LogP contribution in [0.5, 0.6) is 0 Å². The monoisotopic (exact) mass is 434 g/mol. The van der Waals surface area contributed by atoms with Crippen LogP contribution in [0.4, 0.5) is 5.69 Å². The van der Waals surface area contributed by atoms with Crippen molar-refractivity contribution in [3.8, 4) is 0 Å². The van der Waals surface area contributed by atoms with Gasteiger partial charge in [-0.2, -0.15) is 0 Å². The zero-order chi connectivity index (χ0) is 21.1. The molecule has 0 radical (unpaired) electrons. The molecule has 1 saturated heterocycles. The van der Waals surface area contributed by atoms with Crippen molar-refractivity contribution in [2.24, 2.45) is 4.99 Å². The van der Waals surface area contributed by atoms with Gasteiger partial charge in [-0.15, -0.1) is 11.3 Å². The van der Waals surface area contributed by atoms with Crippen molar-refractivity contribution in [3.05, 3.63) is 92.5 Å². The Morgan fingerprint density at radius 3 is 2.47 bits per heavy atom. The zero-order valence-corrected chi connectivity index (χ0v) is 17.7. The molecule has 0 unspecified atom stereocenters. The molecule has 150 valence electrons. The first-order chi connectivity index (χ1) is 14.5. The largest absolute Gasteiger partial charge is 0.478 e. The lowest BCUT2D eigenvalue weighted by Gasteiger charge is -2.16. The number of carbonyl (C=O) groups excluding carboxylic acids is 1. The maximum atomic E-state index is 13.2. The Balaban J connectivity index is 1.67. The predicted octanol–water partition coefficient (Wildman–Crippen LogP) is 5.56. The van der Waals surface area contributed by atoms with Gasteiger partial charge < -0.3 is 5.11 Å². The van der Waals surface area contributed by atoms with E-state index >= 15 is 0 Å². The van der Waals surface area contributed by atoms with Crippen LogP contribution >= 0.6 is 23.1 Å². The first-order valence-electron chi connectivity index (χ1n) is 9.23. The van der Waals surface area contributed by atoms with Crippen LogP contribution in [0.3, 0.4) is 0 Å². The molecule has 1 aliphatic rings. The summed E-state index contributed by atoms with van der Waals surface area (Å²) in [5, 5.41) is 11.7. The molecule has 1 amide bonds. The van der Waals surface area contributed by atoms with Gasteiger partial charge in [-0.05, 0) is 71.6 Å². The molecule has 1 aliphatic heterocycles. The first-order valence-corrected chi connectivity index (χ1v) is 10.9. The van der Waals surface area contributed by atoms with E-state index in [9.17, 15) is 9.59 Å². The van der Waals surface area contributed by atoms with Crippen LogP contribution in [0.15, 0.2) is 75.9 Å². The summed E-state index contributed by atoms with van der Waals surface area (Å²) in [6, 6.07) is 18.1. The summed E-state index contributed by atoms with van der Waals surface area (Å²) in [5.41, 5.74) is 2.95. The molecule has 5 nitrogen and oxygen atoms in total. The molecule has 0 aliphatic carbocycles. The number of nitrogens with zero attached hydrogens (tertiary/aromatic N) is 2. The molecule has 30 heavy (non-hydrogen) atoms. The number of aromatic carboxylic acids is 1. The third-order valence-electron chi connectivity index (χ3n) is 4.57. The van der Waals surface area contributed by atoms with Crippen molar-refractivity contribution in [1.29, 1.82) is 0 Å². The zero-order valence-electron chi connectivity index (χ0n) is 16.1. The first kappa shape index (κ1) is 20.1. The summed E-state index contributed by atoms with van der Waals surface area (Å²) in [4.78, 5) is 32.3. The van der Waals surface area contributed by atoms with Crippen LogP contribution in [0.1, 0.15) is 26.4 Å². The van der Waals surface area contributed by atoms with Crippen LogP contribution in [-0.2, 0) is 11.3 Å². The number of carboxylic acids is 1. The fourth-order valence-corrected chi connectivity index (χ4v) is 4.84. The van der Waals surface area contributed by atoms with E-state index in [0.29, 0.717) is 16.6 Å². The number of thiophene rings is 1. The summed E-state index contributed by atoms with van der Waals surface area (Å²) in [5.74, 6) is -1.08. The van der Waals surface area contributed by atoms with Gasteiger partial charge in [-0.3, -0.25) is 9.69 Å². The van der Waals surface area contributed by atoms with E-state index in [4.69, 9.17) is 5.11 Å². The van der Waals surface area contributed by atoms with Gasteiger partial charge in [-0.1, -0.05) is 30.3 Å². The Morgan fingerprint density at radius 1 is 1.10 bits per heavy atom. The standard InChI is InChI=1S/C23H18N2O3S2/c1-15-11-12-29-19(15)13-20-21(26)25(14-16-7-9-17(10-8-16)22(27)28)23(30-20)24-18-5-3-2-4-6-18/h2-13H,14H2,1H3,(H,27,28)/b20-13+,24-23?. The molecule has 3 aromatic rings. The summed E-state index contributed by atoms with van der Waals surface area (Å²) >= 11 is 2.95. The lowest BCUT2D eigenvalue weighted by atomic mass is 10.1. The highest BCUT2D eigenvalue weighted by atomic mass is 32.2. The maximum absolute atomic E-state index is 13.2. The molecule has 0 bridgehead atoms. The highest BCUT2D eigenvalue weighted by Gasteiger charge is 2.33. The molecule has 1 N–H and O–H groups in total. The number of carboxylic acid groups (broad SMARTS) is 1. The van der Waals surface area contributed by atoms with E-state index in [-0.39, 0.29) is 11.5 Å². The van der Waals surface area contributed by atoms with Gasteiger partial charge in [0.05, 0.1) is 22.7 Å². The van der Waals surface area contributed by atoms with Crippen molar-refractivity contribution in [2.75, 3.05) is 0 Å². The van der Waals surface area contributed by atoms with Crippen molar-refractivity contribution in [3.63, 3.8) is 0 Å². The smallest absolute Gasteiger partial charge is 0.335 e. The van der Waals surface area contributed by atoms with Gasteiger partial charge in [0.1, 0.15) is 0 Å². The van der Waals surface area contributed by atoms with Crippen LogP contribution in [0.25, 0.3) is 6.08 Å². The van der Waals surface area contributed by atoms with E-state index in [0.717, 1.165) is 21.7 Å². The van der Waals surface area contributed by atoms with Crippen LogP contribution in [0.2, 0.25) is 0 Å². The number of thioether (sulfide) groups is 1. The molecule has 1 aromatic heterocycles. The molecular weight excluding hydrogens is 416 g/mol. The second kappa shape index (κ2) is 8.69. The van der Waals surface area contributed by atoms with Gasteiger partial charge >= 0.3 is 5.97 Å². The number of aryl methyl sites for hydroxylation is 1. The highest BCUT2D eigenvalue weighted by Crippen LogP contribution is 2.36. The number of amides is 1. The lowest BCUT2D eigenvalue weighted by molar-refractivity contribution is -0.122. The number of para-hydroxylation sites is 1. The minimum atomic E-state index is -0.975. The number of aliphatic imine (C=N–C) groups is 1. The number of amidine groups is 1. The Labute approximate surface area is 182 Å². The minimum absolute atomic E-state index is 0.107. The molecule has 0 spiro atoms. The van der Waals surface area contributed by atoms with Gasteiger partial charge in [0.25, 0.3) is 5.91 Å². The summed E-state index contributed by atoms with van der Waals surface area (Å²) in [7, 11) is 0. The number of carbonyl (C=O) groups is 2. The molecule has 4 rings (SSSR count). The minimum Gasteiger partial charge on any atom is -0.478 e. The summed E-state index contributed by atoms with van der Waals surface area (Å²) in [6.07, 6.45) is 1.92. The highest BCUT2D eigenvalue weighted by molar-refractivity contribution is 8.18. The van der Waals surface area contributed by atoms with E-state index in [1.165, 1.54) is 11.8 Å². The van der Waals surface area contributed by atoms with Gasteiger partial charge in [-0.25, -0.2) is 9.79 Å². The molecular formula is C23H18N2O3S2. The van der Waals surface area contributed by atoms with E-state index in [1.54, 1.807) is 40.5 Å². The Kier molecular flexibility index (Phi) is 5.83. The topological polar surface area (TPSA) is 70.0 Å². The fraction of sp³-hybridized carbons (Fsp3) is 0.0870. The molecule has 2 heterocycles. The van der Waals surface area contributed by atoms with Crippen molar-refractivity contribution >= 4 is 51.9 Å². The van der Waals surface area contributed by atoms with Gasteiger partial charge in [0, 0.05) is 4.88 Å². The van der Waals surface area contributed by atoms with Gasteiger partial charge in [0.2, 0.25) is 0 Å². The summed E-state index contributed by atoms with van der Waals surface area (Å²) in [6.45, 7) is 2.34. The average molecular weight is 435 g/mol. The second-order valence-corrected chi connectivity index (χ2v) is 8.66. The van der Waals surface area contributed by atoms with Crippen molar-refractivity contribution < 1.29 is 14.7 Å². The Bertz CT molecular complexity index is 1150. The van der Waals surface area contributed by atoms with Crippen LogP contribution < -0.4 is 0 Å². The maximum Gasteiger partial charge on any atom is 0.335 e. The molecule has 0 saturated carbocycles. The lowest BCUT2D eigenvalue weighted by Crippen LogP contribution is -2.28. The number of hydrogen-bond acceptors (Lipinski definition) is 5.